The Kier molecular flexibility index (Phi) is 6.36. The summed E-state index contributed by atoms with van der Waals surface area (Å²) in [4.78, 5) is 14.7. The van der Waals surface area contributed by atoms with Crippen LogP contribution in [0.5, 0.6) is 0 Å². The summed E-state index contributed by atoms with van der Waals surface area (Å²) in [6, 6.07) is 15.8. The van der Waals surface area contributed by atoms with Crippen LogP contribution in [-0.2, 0) is 13.0 Å². The van der Waals surface area contributed by atoms with Crippen LogP contribution >= 0.6 is 12.2 Å². The predicted octanol–water partition coefficient (Wildman–Crippen LogP) is 3.97. The van der Waals surface area contributed by atoms with Crippen LogP contribution in [0, 0.1) is 0 Å². The number of thiocarbonyl (C=S) groups is 1. The van der Waals surface area contributed by atoms with Crippen molar-refractivity contribution in [1.29, 1.82) is 0 Å². The van der Waals surface area contributed by atoms with Crippen molar-refractivity contribution in [3.8, 4) is 0 Å². The number of nitrogens with zero attached hydrogens (tertiary/aromatic N) is 1. The van der Waals surface area contributed by atoms with Gasteiger partial charge in [-0.05, 0) is 80.0 Å². The van der Waals surface area contributed by atoms with E-state index in [-0.39, 0.29) is 5.91 Å². The summed E-state index contributed by atoms with van der Waals surface area (Å²) in [5.74, 6) is -0.198. The van der Waals surface area contributed by atoms with Crippen molar-refractivity contribution in [2.45, 2.75) is 32.7 Å². The van der Waals surface area contributed by atoms with Crippen LogP contribution in [-0.4, -0.2) is 29.0 Å². The zero-order valence-electron chi connectivity index (χ0n) is 15.1. The van der Waals surface area contributed by atoms with Crippen molar-refractivity contribution >= 4 is 28.9 Å². The van der Waals surface area contributed by atoms with Gasteiger partial charge in [0.15, 0.2) is 5.11 Å². The van der Waals surface area contributed by atoms with Gasteiger partial charge >= 0.3 is 0 Å². The molecule has 0 atom stereocenters. The number of aryl methyl sites for hydroxylation is 1. The number of carbonyl (C=O) groups is 1. The summed E-state index contributed by atoms with van der Waals surface area (Å²) < 4.78 is 0. The van der Waals surface area contributed by atoms with Gasteiger partial charge in [0, 0.05) is 17.8 Å². The first-order valence-corrected chi connectivity index (χ1v) is 9.57. The van der Waals surface area contributed by atoms with E-state index in [0.29, 0.717) is 10.7 Å². The SMILES string of the molecule is CCc1ccc(C(=O)NC(=S)Nc2ccc(CN3CCCC3)cc2)cc1. The fourth-order valence-corrected chi connectivity index (χ4v) is 3.33. The second kappa shape index (κ2) is 8.92. The third-order valence-corrected chi connectivity index (χ3v) is 4.87. The Bertz CT molecular complexity index is 750. The molecule has 0 aliphatic carbocycles. The van der Waals surface area contributed by atoms with Crippen LogP contribution in [0.4, 0.5) is 5.69 Å². The van der Waals surface area contributed by atoms with Crippen LogP contribution in [0.25, 0.3) is 0 Å². The Morgan fingerprint density at radius 2 is 1.62 bits per heavy atom. The Balaban J connectivity index is 1.51. The van der Waals surface area contributed by atoms with Crippen molar-refractivity contribution in [2.24, 2.45) is 0 Å². The van der Waals surface area contributed by atoms with Crippen molar-refractivity contribution in [1.82, 2.24) is 10.2 Å². The second-order valence-electron chi connectivity index (χ2n) is 6.64. The standard InChI is InChI=1S/C21H25N3OS/c1-2-16-5-9-18(10-6-16)20(25)23-21(26)22-19-11-7-17(8-12-19)15-24-13-3-4-14-24/h5-12H,2-4,13-15H2,1H3,(H2,22,23,25,26). The Morgan fingerprint density at radius 3 is 2.23 bits per heavy atom. The minimum Gasteiger partial charge on any atom is -0.332 e. The maximum atomic E-state index is 12.2. The van der Waals surface area contributed by atoms with E-state index in [1.165, 1.54) is 37.1 Å². The van der Waals surface area contributed by atoms with Crippen molar-refractivity contribution in [3.63, 3.8) is 0 Å². The van der Waals surface area contributed by atoms with E-state index in [1.807, 2.05) is 36.4 Å². The fraction of sp³-hybridized carbons (Fsp3) is 0.333. The molecule has 0 aromatic heterocycles. The topological polar surface area (TPSA) is 44.4 Å². The van der Waals surface area contributed by atoms with Crippen molar-refractivity contribution < 1.29 is 4.79 Å². The highest BCUT2D eigenvalue weighted by molar-refractivity contribution is 7.80. The number of anilines is 1. The minimum absolute atomic E-state index is 0.198. The van der Waals surface area contributed by atoms with Crippen LogP contribution in [0.15, 0.2) is 48.5 Å². The fourth-order valence-electron chi connectivity index (χ4n) is 3.12. The largest absolute Gasteiger partial charge is 0.332 e. The number of likely N-dealkylation sites (tertiary alicyclic amines) is 1. The molecule has 2 N–H and O–H groups in total. The molecule has 3 rings (SSSR count). The van der Waals surface area contributed by atoms with E-state index in [4.69, 9.17) is 12.2 Å². The third kappa shape index (κ3) is 5.13. The summed E-state index contributed by atoms with van der Waals surface area (Å²) in [5.41, 5.74) is 3.98. The molecule has 1 aliphatic heterocycles. The van der Waals surface area contributed by atoms with Gasteiger partial charge in [0.2, 0.25) is 0 Å². The van der Waals surface area contributed by atoms with Crippen molar-refractivity contribution in [3.05, 3.63) is 65.2 Å². The van der Waals surface area contributed by atoms with Gasteiger partial charge in [-0.25, -0.2) is 0 Å². The van der Waals surface area contributed by atoms with E-state index < -0.39 is 0 Å². The molecule has 0 radical (unpaired) electrons. The van der Waals surface area contributed by atoms with Gasteiger partial charge in [-0.2, -0.15) is 0 Å². The molecule has 0 spiro atoms. The molecule has 0 bridgehead atoms. The molecule has 2 aromatic rings. The lowest BCUT2D eigenvalue weighted by molar-refractivity contribution is 0.0977. The molecule has 1 heterocycles. The van der Waals surface area contributed by atoms with E-state index in [0.717, 1.165) is 18.7 Å². The number of hydrogen-bond acceptors (Lipinski definition) is 3. The Hall–Kier alpha value is -2.24. The summed E-state index contributed by atoms with van der Waals surface area (Å²) in [6.45, 7) is 5.46. The maximum Gasteiger partial charge on any atom is 0.257 e. The molecular formula is C21H25N3OS. The lowest BCUT2D eigenvalue weighted by atomic mass is 10.1. The van der Waals surface area contributed by atoms with E-state index in [1.54, 1.807) is 0 Å². The number of hydrogen-bond donors (Lipinski definition) is 2. The average molecular weight is 368 g/mol. The minimum atomic E-state index is -0.198. The molecule has 1 saturated heterocycles. The van der Waals surface area contributed by atoms with Crippen LogP contribution in [0.2, 0.25) is 0 Å². The van der Waals surface area contributed by atoms with Crippen molar-refractivity contribution in [2.75, 3.05) is 18.4 Å². The molecule has 0 saturated carbocycles. The molecule has 136 valence electrons. The molecule has 1 aliphatic rings. The molecule has 0 unspecified atom stereocenters. The number of amides is 1. The quantitative estimate of drug-likeness (QED) is 0.785. The smallest absolute Gasteiger partial charge is 0.257 e. The van der Waals surface area contributed by atoms with Crippen LogP contribution in [0.3, 0.4) is 0 Å². The highest BCUT2D eigenvalue weighted by Crippen LogP contribution is 2.15. The van der Waals surface area contributed by atoms with E-state index >= 15 is 0 Å². The van der Waals surface area contributed by atoms with Gasteiger partial charge in [0.05, 0.1) is 0 Å². The van der Waals surface area contributed by atoms with Gasteiger partial charge in [-0.3, -0.25) is 15.0 Å². The van der Waals surface area contributed by atoms with Crippen LogP contribution in [0.1, 0.15) is 41.3 Å². The summed E-state index contributed by atoms with van der Waals surface area (Å²) in [7, 11) is 0. The highest BCUT2D eigenvalue weighted by Gasteiger charge is 2.12. The number of nitrogens with one attached hydrogen (secondary N) is 2. The number of carbonyl (C=O) groups excluding carboxylic acids is 1. The first kappa shape index (κ1) is 18.5. The lowest BCUT2D eigenvalue weighted by Crippen LogP contribution is -2.34. The first-order valence-electron chi connectivity index (χ1n) is 9.16. The van der Waals surface area contributed by atoms with E-state index in [2.05, 4.69) is 34.6 Å². The summed E-state index contributed by atoms with van der Waals surface area (Å²) >= 11 is 5.26. The summed E-state index contributed by atoms with van der Waals surface area (Å²) in [6.07, 6.45) is 3.55. The summed E-state index contributed by atoms with van der Waals surface area (Å²) in [5, 5.41) is 6.11. The van der Waals surface area contributed by atoms with Gasteiger partial charge in [-0.1, -0.05) is 31.2 Å². The lowest BCUT2D eigenvalue weighted by Gasteiger charge is -2.15. The maximum absolute atomic E-state index is 12.2. The number of benzene rings is 2. The Labute approximate surface area is 160 Å². The third-order valence-electron chi connectivity index (χ3n) is 4.67. The predicted molar refractivity (Wildman–Crippen MR) is 110 cm³/mol. The van der Waals surface area contributed by atoms with Crippen LogP contribution < -0.4 is 10.6 Å². The van der Waals surface area contributed by atoms with E-state index in [9.17, 15) is 4.79 Å². The second-order valence-corrected chi connectivity index (χ2v) is 7.05. The van der Waals surface area contributed by atoms with Gasteiger partial charge in [0.1, 0.15) is 0 Å². The molecule has 1 amide bonds. The Morgan fingerprint density at radius 1 is 1.00 bits per heavy atom. The van der Waals surface area contributed by atoms with Gasteiger partial charge < -0.3 is 5.32 Å². The number of rotatable bonds is 5. The molecular weight excluding hydrogens is 342 g/mol. The molecule has 1 fully saturated rings. The monoisotopic (exact) mass is 367 g/mol. The van der Waals surface area contributed by atoms with Gasteiger partial charge in [0.25, 0.3) is 5.91 Å². The van der Waals surface area contributed by atoms with Gasteiger partial charge in [-0.15, -0.1) is 0 Å². The highest BCUT2D eigenvalue weighted by atomic mass is 32.1. The molecule has 26 heavy (non-hydrogen) atoms. The normalized spacial score (nSPS) is 14.2. The zero-order chi connectivity index (χ0) is 18.4. The molecule has 4 nitrogen and oxygen atoms in total. The first-order chi connectivity index (χ1) is 12.6. The average Bonchev–Trinajstić information content (AvgIpc) is 3.16. The zero-order valence-corrected chi connectivity index (χ0v) is 15.9. The molecule has 2 aromatic carbocycles. The molecule has 5 heteroatoms.